The zero-order valence-corrected chi connectivity index (χ0v) is 12.4. The van der Waals surface area contributed by atoms with Crippen LogP contribution in [0.15, 0.2) is 59.3 Å². The molecule has 1 aromatic carbocycles. The van der Waals surface area contributed by atoms with Crippen LogP contribution in [0, 0.1) is 0 Å². The molecule has 4 heteroatoms. The summed E-state index contributed by atoms with van der Waals surface area (Å²) in [6, 6.07) is 13.6. The minimum absolute atomic E-state index is 0.211. The van der Waals surface area contributed by atoms with Crippen LogP contribution in [0.5, 0.6) is 0 Å². The number of carbonyl (C=O) groups excluding carboxylic acids is 1. The molecule has 0 spiro atoms. The van der Waals surface area contributed by atoms with E-state index in [0.717, 1.165) is 22.2 Å². The Morgan fingerprint density at radius 3 is 2.82 bits per heavy atom. The van der Waals surface area contributed by atoms with E-state index in [-0.39, 0.29) is 18.3 Å². The summed E-state index contributed by atoms with van der Waals surface area (Å²) < 4.78 is 10.9. The van der Waals surface area contributed by atoms with Gasteiger partial charge in [-0.3, -0.25) is 9.78 Å². The van der Waals surface area contributed by atoms with Crippen LogP contribution < -0.4 is 0 Å². The molecule has 1 unspecified atom stereocenters. The lowest BCUT2D eigenvalue weighted by molar-refractivity contribution is -0.143. The highest BCUT2D eigenvalue weighted by atomic mass is 16.5. The second-order valence-corrected chi connectivity index (χ2v) is 5.00. The summed E-state index contributed by atoms with van der Waals surface area (Å²) >= 11 is 0. The molecule has 112 valence electrons. The van der Waals surface area contributed by atoms with E-state index in [1.807, 2.05) is 42.5 Å². The fourth-order valence-electron chi connectivity index (χ4n) is 2.58. The van der Waals surface area contributed by atoms with Crippen LogP contribution in [0.3, 0.4) is 0 Å². The monoisotopic (exact) mass is 295 g/mol. The summed E-state index contributed by atoms with van der Waals surface area (Å²) in [5.74, 6) is 0.251. The quantitative estimate of drug-likeness (QED) is 0.670. The van der Waals surface area contributed by atoms with Crippen molar-refractivity contribution in [2.45, 2.75) is 19.3 Å². The number of esters is 1. The molecule has 0 aliphatic rings. The predicted octanol–water partition coefficient (Wildman–Crippen LogP) is 3.91. The first-order chi connectivity index (χ1) is 10.8. The van der Waals surface area contributed by atoms with E-state index >= 15 is 0 Å². The Hall–Kier alpha value is -2.62. The standard InChI is InChI=1S/C18H17NO3/c1-2-21-17(20)11-15(16-9-5-6-10-19-16)18-14-8-4-3-7-13(14)12-22-18/h3-10,12,15H,2,11H2,1H3. The van der Waals surface area contributed by atoms with Crippen molar-refractivity contribution in [1.82, 2.24) is 4.98 Å². The van der Waals surface area contributed by atoms with E-state index in [2.05, 4.69) is 4.98 Å². The van der Waals surface area contributed by atoms with E-state index in [9.17, 15) is 4.79 Å². The Morgan fingerprint density at radius 2 is 2.05 bits per heavy atom. The van der Waals surface area contributed by atoms with Crippen molar-refractivity contribution >= 4 is 16.7 Å². The SMILES string of the molecule is CCOC(=O)CC(c1ccccn1)c1occ2ccccc12. The molecule has 0 fully saturated rings. The Balaban J connectivity index is 2.03. The molecule has 0 saturated carbocycles. The Bertz CT molecular complexity index is 764. The summed E-state index contributed by atoms with van der Waals surface area (Å²) in [5, 5.41) is 2.02. The number of pyridine rings is 1. The largest absolute Gasteiger partial charge is 0.467 e. The van der Waals surface area contributed by atoms with Crippen LogP contribution in [-0.2, 0) is 9.53 Å². The van der Waals surface area contributed by atoms with Gasteiger partial charge in [0.1, 0.15) is 5.76 Å². The van der Waals surface area contributed by atoms with Gasteiger partial charge in [-0.25, -0.2) is 0 Å². The fraction of sp³-hybridized carbons (Fsp3) is 0.222. The Kier molecular flexibility index (Phi) is 4.19. The molecular weight excluding hydrogens is 278 g/mol. The van der Waals surface area contributed by atoms with Crippen molar-refractivity contribution in [2.24, 2.45) is 0 Å². The summed E-state index contributed by atoms with van der Waals surface area (Å²) in [5.41, 5.74) is 0.802. The van der Waals surface area contributed by atoms with Crippen LogP contribution in [0.25, 0.3) is 10.8 Å². The fourth-order valence-corrected chi connectivity index (χ4v) is 2.58. The van der Waals surface area contributed by atoms with Crippen LogP contribution in [0.2, 0.25) is 0 Å². The molecule has 22 heavy (non-hydrogen) atoms. The Labute approximate surface area is 128 Å². The van der Waals surface area contributed by atoms with Gasteiger partial charge in [0.15, 0.2) is 0 Å². The van der Waals surface area contributed by atoms with Gasteiger partial charge in [0, 0.05) is 17.0 Å². The van der Waals surface area contributed by atoms with Gasteiger partial charge in [0.2, 0.25) is 0 Å². The van der Waals surface area contributed by atoms with Crippen molar-refractivity contribution in [3.05, 3.63) is 66.4 Å². The molecular formula is C18H17NO3. The van der Waals surface area contributed by atoms with Gasteiger partial charge in [0.25, 0.3) is 0 Å². The first-order valence-electron chi connectivity index (χ1n) is 7.32. The molecule has 4 nitrogen and oxygen atoms in total. The average molecular weight is 295 g/mol. The van der Waals surface area contributed by atoms with Gasteiger partial charge in [-0.1, -0.05) is 30.3 Å². The third kappa shape index (κ3) is 2.86. The maximum absolute atomic E-state index is 12.0. The highest BCUT2D eigenvalue weighted by molar-refractivity contribution is 5.85. The lowest BCUT2D eigenvalue weighted by Gasteiger charge is -2.14. The van der Waals surface area contributed by atoms with E-state index in [1.54, 1.807) is 19.4 Å². The number of rotatable bonds is 5. The molecule has 0 aliphatic carbocycles. The molecule has 0 radical (unpaired) electrons. The van der Waals surface area contributed by atoms with Gasteiger partial charge in [-0.05, 0) is 19.1 Å². The number of ether oxygens (including phenoxy) is 1. The number of fused-ring (bicyclic) bond motifs is 1. The molecule has 0 bridgehead atoms. The van der Waals surface area contributed by atoms with E-state index in [0.29, 0.717) is 6.61 Å². The van der Waals surface area contributed by atoms with Gasteiger partial charge < -0.3 is 9.15 Å². The maximum atomic E-state index is 12.0. The minimum atomic E-state index is -0.251. The first kappa shape index (κ1) is 14.3. The number of furan rings is 1. The van der Waals surface area contributed by atoms with E-state index in [4.69, 9.17) is 9.15 Å². The number of hydrogen-bond donors (Lipinski definition) is 0. The zero-order valence-electron chi connectivity index (χ0n) is 12.4. The third-order valence-corrected chi connectivity index (χ3v) is 3.58. The number of hydrogen-bond acceptors (Lipinski definition) is 4. The lowest BCUT2D eigenvalue weighted by Crippen LogP contribution is -2.12. The van der Waals surface area contributed by atoms with Crippen molar-refractivity contribution < 1.29 is 13.9 Å². The predicted molar refractivity (Wildman–Crippen MR) is 83.5 cm³/mol. The molecule has 3 rings (SSSR count). The highest BCUT2D eigenvalue weighted by Gasteiger charge is 2.25. The number of benzene rings is 1. The normalized spacial score (nSPS) is 12.2. The van der Waals surface area contributed by atoms with Crippen molar-refractivity contribution in [3.8, 4) is 0 Å². The molecule has 0 amide bonds. The van der Waals surface area contributed by atoms with Crippen molar-refractivity contribution in [3.63, 3.8) is 0 Å². The van der Waals surface area contributed by atoms with Gasteiger partial charge >= 0.3 is 5.97 Å². The van der Waals surface area contributed by atoms with Crippen molar-refractivity contribution in [1.29, 1.82) is 0 Å². The summed E-state index contributed by atoms with van der Waals surface area (Å²) in [4.78, 5) is 16.4. The van der Waals surface area contributed by atoms with Gasteiger partial charge in [-0.2, -0.15) is 0 Å². The van der Waals surface area contributed by atoms with Crippen molar-refractivity contribution in [2.75, 3.05) is 6.61 Å². The second kappa shape index (κ2) is 6.43. The lowest BCUT2D eigenvalue weighted by atomic mass is 9.95. The minimum Gasteiger partial charge on any atom is -0.467 e. The molecule has 2 heterocycles. The molecule has 3 aromatic rings. The zero-order chi connectivity index (χ0) is 15.4. The van der Waals surface area contributed by atoms with Crippen LogP contribution in [0.1, 0.15) is 30.7 Å². The van der Waals surface area contributed by atoms with Crippen LogP contribution in [0.4, 0.5) is 0 Å². The van der Waals surface area contributed by atoms with Crippen LogP contribution in [-0.4, -0.2) is 17.6 Å². The molecule has 1 atom stereocenters. The maximum Gasteiger partial charge on any atom is 0.306 e. The number of aromatic nitrogens is 1. The summed E-state index contributed by atoms with van der Waals surface area (Å²) in [7, 11) is 0. The topological polar surface area (TPSA) is 52.3 Å². The molecule has 0 aliphatic heterocycles. The van der Waals surface area contributed by atoms with Gasteiger partial charge in [0.05, 0.1) is 30.9 Å². The summed E-state index contributed by atoms with van der Waals surface area (Å²) in [6.07, 6.45) is 3.65. The molecule has 0 N–H and O–H groups in total. The summed E-state index contributed by atoms with van der Waals surface area (Å²) in [6.45, 7) is 2.17. The Morgan fingerprint density at radius 1 is 1.23 bits per heavy atom. The third-order valence-electron chi connectivity index (χ3n) is 3.58. The van der Waals surface area contributed by atoms with E-state index < -0.39 is 0 Å². The first-order valence-corrected chi connectivity index (χ1v) is 7.32. The average Bonchev–Trinajstić information content (AvgIpc) is 2.98. The highest BCUT2D eigenvalue weighted by Crippen LogP contribution is 2.33. The second-order valence-electron chi connectivity index (χ2n) is 5.00. The molecule has 2 aromatic heterocycles. The smallest absolute Gasteiger partial charge is 0.306 e. The van der Waals surface area contributed by atoms with E-state index in [1.165, 1.54) is 0 Å². The van der Waals surface area contributed by atoms with Crippen LogP contribution >= 0.6 is 0 Å². The molecule has 0 saturated heterocycles. The number of carbonyl (C=O) groups is 1. The number of nitrogens with zero attached hydrogens (tertiary/aromatic N) is 1. The van der Waals surface area contributed by atoms with Gasteiger partial charge in [-0.15, -0.1) is 0 Å².